The summed E-state index contributed by atoms with van der Waals surface area (Å²) in [6.07, 6.45) is 12.1. The molecule has 0 spiro atoms. The first kappa shape index (κ1) is 22.7. The summed E-state index contributed by atoms with van der Waals surface area (Å²) in [6.45, 7) is 2.69. The number of unbranched alkanes of at least 4 members (excludes halogenated alkanes) is 9. The van der Waals surface area contributed by atoms with Crippen molar-refractivity contribution in [3.63, 3.8) is 0 Å². The van der Waals surface area contributed by atoms with Gasteiger partial charge in [-0.05, 0) is 18.6 Å². The van der Waals surface area contributed by atoms with Gasteiger partial charge in [-0.2, -0.15) is 0 Å². The van der Waals surface area contributed by atoms with Crippen LogP contribution in [-0.4, -0.2) is 50.5 Å². The topological polar surface area (TPSA) is 35.5 Å². The van der Waals surface area contributed by atoms with Crippen molar-refractivity contribution in [2.24, 2.45) is 0 Å². The Morgan fingerprint density at radius 1 is 0.826 bits per heavy atom. The fourth-order valence-corrected chi connectivity index (χ4v) is 2.36. The van der Waals surface area contributed by atoms with Crippen molar-refractivity contribution in [3.8, 4) is 5.75 Å². The molecule has 0 atom stereocenters. The van der Waals surface area contributed by atoms with E-state index in [0.717, 1.165) is 12.8 Å². The first-order valence-electron chi connectivity index (χ1n) is 8.72. The molecule has 0 unspecified atom stereocenters. The van der Waals surface area contributed by atoms with Crippen molar-refractivity contribution >= 4 is 43.9 Å². The molecule has 0 aliphatic rings. The van der Waals surface area contributed by atoms with E-state index in [-0.39, 0.29) is 37.7 Å². The summed E-state index contributed by atoms with van der Waals surface area (Å²) in [7, 11) is 0. The number of hydrogen-bond acceptors (Lipinski definition) is 3. The van der Waals surface area contributed by atoms with Gasteiger partial charge < -0.3 is 9.47 Å². The van der Waals surface area contributed by atoms with Gasteiger partial charge >= 0.3 is 43.9 Å². The molecule has 4 heteroatoms. The van der Waals surface area contributed by atoms with Crippen molar-refractivity contribution in [1.82, 2.24) is 0 Å². The van der Waals surface area contributed by atoms with Gasteiger partial charge in [-0.15, -0.1) is 0 Å². The maximum atomic E-state index is 11.4. The maximum absolute atomic E-state index is 11.4. The monoisotopic (exact) mass is 348 g/mol. The molecular formula is C19H32CaO3. The normalized spacial score (nSPS) is 9.96. The fraction of sp³-hybridized carbons (Fsp3) is 0.632. The molecule has 0 radical (unpaired) electrons. The molecule has 0 saturated carbocycles. The standard InChI is InChI=1S/C19H30O3.Ca.2H/c1-2-3-4-5-6-7-8-9-10-14-17-21-19(20)22-18-15-12-11-13-16-18;;;/h11-13,15-16H,2-10,14,17H2,1H3;;;. The van der Waals surface area contributed by atoms with Gasteiger partial charge in [0.1, 0.15) is 5.75 Å². The molecule has 128 valence electrons. The van der Waals surface area contributed by atoms with Crippen molar-refractivity contribution in [3.05, 3.63) is 30.3 Å². The van der Waals surface area contributed by atoms with E-state index in [4.69, 9.17) is 9.47 Å². The number of hydrogen-bond donors (Lipinski definition) is 0. The number of rotatable bonds is 12. The number of benzene rings is 1. The average Bonchev–Trinajstić information content (AvgIpc) is 2.53. The molecule has 0 saturated heterocycles. The van der Waals surface area contributed by atoms with Gasteiger partial charge in [0.05, 0.1) is 6.61 Å². The van der Waals surface area contributed by atoms with E-state index in [1.165, 1.54) is 51.4 Å². The predicted molar refractivity (Wildman–Crippen MR) is 98.8 cm³/mol. The SMILES string of the molecule is CCCCCCCCCCCCOC(=O)Oc1ccccc1.[CaH2]. The predicted octanol–water partition coefficient (Wildman–Crippen LogP) is 5.21. The van der Waals surface area contributed by atoms with E-state index in [0.29, 0.717) is 12.4 Å². The molecule has 1 rings (SSSR count). The van der Waals surface area contributed by atoms with Gasteiger partial charge in [0, 0.05) is 0 Å². The Labute approximate surface area is 171 Å². The molecule has 0 aromatic heterocycles. The van der Waals surface area contributed by atoms with E-state index in [2.05, 4.69) is 6.92 Å². The minimum absolute atomic E-state index is 0. The molecular weight excluding hydrogens is 316 g/mol. The first-order chi connectivity index (χ1) is 10.8. The number of para-hydroxylation sites is 1. The Balaban J connectivity index is 0.00000484. The molecule has 23 heavy (non-hydrogen) atoms. The van der Waals surface area contributed by atoms with Crippen LogP contribution >= 0.6 is 0 Å². The van der Waals surface area contributed by atoms with Gasteiger partial charge in [0.2, 0.25) is 0 Å². The third-order valence-corrected chi connectivity index (χ3v) is 3.66. The van der Waals surface area contributed by atoms with Crippen LogP contribution in [0.15, 0.2) is 30.3 Å². The van der Waals surface area contributed by atoms with Crippen LogP contribution in [0.25, 0.3) is 0 Å². The summed E-state index contributed by atoms with van der Waals surface area (Å²) in [6, 6.07) is 9.00. The summed E-state index contributed by atoms with van der Waals surface area (Å²) in [4.78, 5) is 11.4. The van der Waals surface area contributed by atoms with E-state index < -0.39 is 6.16 Å². The molecule has 0 N–H and O–H groups in total. The molecule has 0 aliphatic carbocycles. The second-order valence-corrected chi connectivity index (χ2v) is 5.70. The van der Waals surface area contributed by atoms with Gasteiger partial charge in [-0.25, -0.2) is 4.79 Å². The second-order valence-electron chi connectivity index (χ2n) is 5.70. The molecule has 3 nitrogen and oxygen atoms in total. The van der Waals surface area contributed by atoms with E-state index in [1.807, 2.05) is 18.2 Å². The molecule has 1 aromatic rings. The van der Waals surface area contributed by atoms with Crippen LogP contribution in [0.3, 0.4) is 0 Å². The molecule has 1 aromatic carbocycles. The number of ether oxygens (including phenoxy) is 2. The van der Waals surface area contributed by atoms with Crippen LogP contribution in [0.1, 0.15) is 71.1 Å². The average molecular weight is 349 g/mol. The first-order valence-corrected chi connectivity index (χ1v) is 8.72. The summed E-state index contributed by atoms with van der Waals surface area (Å²) >= 11 is 0. The zero-order valence-corrected chi connectivity index (χ0v) is 13.9. The van der Waals surface area contributed by atoms with E-state index in [1.54, 1.807) is 12.1 Å². The number of carbonyl (C=O) groups is 1. The van der Waals surface area contributed by atoms with Crippen LogP contribution in [0.5, 0.6) is 5.75 Å². The molecule has 0 bridgehead atoms. The van der Waals surface area contributed by atoms with Gasteiger partial charge in [-0.3, -0.25) is 0 Å². The molecule has 0 fully saturated rings. The van der Waals surface area contributed by atoms with Gasteiger partial charge in [0.15, 0.2) is 0 Å². The van der Waals surface area contributed by atoms with Gasteiger partial charge in [-0.1, -0.05) is 82.9 Å². The summed E-state index contributed by atoms with van der Waals surface area (Å²) in [5, 5.41) is 0. The minimum atomic E-state index is -0.609. The Bertz CT molecular complexity index is 381. The van der Waals surface area contributed by atoms with Crippen molar-refractivity contribution in [2.45, 2.75) is 71.1 Å². The van der Waals surface area contributed by atoms with Crippen molar-refractivity contribution in [2.75, 3.05) is 6.61 Å². The third-order valence-electron chi connectivity index (χ3n) is 3.66. The molecule has 0 amide bonds. The van der Waals surface area contributed by atoms with Crippen LogP contribution in [0.2, 0.25) is 0 Å². The Kier molecular flexibility index (Phi) is 16.4. The Hall–Kier alpha value is -0.250. The van der Waals surface area contributed by atoms with Crippen molar-refractivity contribution in [1.29, 1.82) is 0 Å². The second kappa shape index (κ2) is 16.6. The molecule has 0 aliphatic heterocycles. The summed E-state index contributed by atoms with van der Waals surface area (Å²) in [5.74, 6) is 0.524. The van der Waals surface area contributed by atoms with E-state index >= 15 is 0 Å². The summed E-state index contributed by atoms with van der Waals surface area (Å²) < 4.78 is 10.1. The molecule has 0 heterocycles. The van der Waals surface area contributed by atoms with Crippen LogP contribution in [-0.2, 0) is 4.74 Å². The van der Waals surface area contributed by atoms with Crippen LogP contribution in [0, 0.1) is 0 Å². The van der Waals surface area contributed by atoms with Gasteiger partial charge in [0.25, 0.3) is 0 Å². The zero-order valence-electron chi connectivity index (χ0n) is 13.9. The fourth-order valence-electron chi connectivity index (χ4n) is 2.36. The zero-order chi connectivity index (χ0) is 15.9. The van der Waals surface area contributed by atoms with Crippen LogP contribution in [0.4, 0.5) is 4.79 Å². The van der Waals surface area contributed by atoms with Crippen LogP contribution < -0.4 is 4.74 Å². The van der Waals surface area contributed by atoms with Crippen molar-refractivity contribution < 1.29 is 14.3 Å². The Morgan fingerprint density at radius 2 is 1.35 bits per heavy atom. The summed E-state index contributed by atoms with van der Waals surface area (Å²) in [5.41, 5.74) is 0. The van der Waals surface area contributed by atoms with E-state index in [9.17, 15) is 4.79 Å². The quantitative estimate of drug-likeness (QED) is 0.225. The Morgan fingerprint density at radius 3 is 1.91 bits per heavy atom. The number of carbonyl (C=O) groups excluding carboxylic acids is 1. The third kappa shape index (κ3) is 13.8.